The normalized spacial score (nSPS) is 34.5. The Hall–Kier alpha value is -3.27. The second kappa shape index (κ2) is 11.0. The van der Waals surface area contributed by atoms with Crippen LogP contribution in [0.1, 0.15) is 13.8 Å². The van der Waals surface area contributed by atoms with Crippen LogP contribution >= 0.6 is 0 Å². The van der Waals surface area contributed by atoms with Gasteiger partial charge in [-0.25, -0.2) is 0 Å². The molecule has 2 aliphatic heterocycles. The summed E-state index contributed by atoms with van der Waals surface area (Å²) >= 11 is 0. The van der Waals surface area contributed by atoms with Gasteiger partial charge in [-0.15, -0.1) is 0 Å². The van der Waals surface area contributed by atoms with Gasteiger partial charge in [0.2, 0.25) is 18.0 Å². The van der Waals surface area contributed by atoms with Crippen LogP contribution in [0.15, 0.2) is 51.9 Å². The second-order valence-electron chi connectivity index (χ2n) is 9.92. The fraction of sp³-hybridized carbons (Fsp3) is 0.444. The highest BCUT2D eigenvalue weighted by Crippen LogP contribution is 2.35. The number of aliphatic hydroxyl groups excluding tert-OH is 6. The monoisotopic (exact) mass is 562 g/mol. The lowest BCUT2D eigenvalue weighted by Crippen LogP contribution is -2.58. The number of aliphatic hydroxyl groups is 6. The van der Waals surface area contributed by atoms with Crippen molar-refractivity contribution in [2.75, 3.05) is 0 Å². The predicted octanol–water partition coefficient (Wildman–Crippen LogP) is -0.422. The van der Waals surface area contributed by atoms with E-state index < -0.39 is 66.8 Å². The number of phenols is 1. The van der Waals surface area contributed by atoms with E-state index in [-0.39, 0.29) is 33.8 Å². The fourth-order valence-electron chi connectivity index (χ4n) is 4.68. The number of rotatable bonds is 5. The van der Waals surface area contributed by atoms with E-state index in [0.29, 0.717) is 5.56 Å². The molecule has 0 amide bonds. The van der Waals surface area contributed by atoms with E-state index in [1.807, 2.05) is 0 Å². The Bertz CT molecular complexity index is 1410. The van der Waals surface area contributed by atoms with Gasteiger partial charge in [-0.3, -0.25) is 4.79 Å². The van der Waals surface area contributed by atoms with Crippen LogP contribution in [0.25, 0.3) is 22.1 Å². The van der Waals surface area contributed by atoms with Gasteiger partial charge in [0.1, 0.15) is 71.1 Å². The molecule has 216 valence electrons. The number of hydrogen-bond acceptors (Lipinski definition) is 13. The summed E-state index contributed by atoms with van der Waals surface area (Å²) in [7, 11) is 0. The molecule has 13 nitrogen and oxygen atoms in total. The van der Waals surface area contributed by atoms with E-state index in [9.17, 15) is 40.5 Å². The highest BCUT2D eigenvalue weighted by Gasteiger charge is 2.44. The van der Waals surface area contributed by atoms with Crippen molar-refractivity contribution in [1.82, 2.24) is 0 Å². The first-order chi connectivity index (χ1) is 19.0. The molecule has 2 saturated heterocycles. The summed E-state index contributed by atoms with van der Waals surface area (Å²) in [4.78, 5) is 13.7. The van der Waals surface area contributed by atoms with Crippen LogP contribution in [0.5, 0.6) is 17.2 Å². The molecule has 2 aromatic carbocycles. The second-order valence-corrected chi connectivity index (χ2v) is 9.92. The maximum absolute atomic E-state index is 13.7. The minimum atomic E-state index is -1.70. The Morgan fingerprint density at radius 1 is 0.725 bits per heavy atom. The molecule has 3 heterocycles. The topological polar surface area (TPSA) is 209 Å². The van der Waals surface area contributed by atoms with Gasteiger partial charge in [-0.05, 0) is 31.5 Å². The molecule has 0 saturated carbocycles. The van der Waals surface area contributed by atoms with Gasteiger partial charge in [0, 0.05) is 12.1 Å². The first-order valence-electron chi connectivity index (χ1n) is 12.6. The third-order valence-electron chi connectivity index (χ3n) is 7.11. The zero-order valence-corrected chi connectivity index (χ0v) is 21.4. The smallest absolute Gasteiger partial charge is 0.229 e. The van der Waals surface area contributed by atoms with Crippen molar-refractivity contribution in [3.05, 3.63) is 52.9 Å². The van der Waals surface area contributed by atoms with Crippen molar-refractivity contribution in [1.29, 1.82) is 0 Å². The van der Waals surface area contributed by atoms with Crippen molar-refractivity contribution in [2.24, 2.45) is 0 Å². The fourth-order valence-corrected chi connectivity index (χ4v) is 4.68. The minimum Gasteiger partial charge on any atom is -0.508 e. The summed E-state index contributed by atoms with van der Waals surface area (Å²) in [6.45, 7) is 2.95. The molecule has 0 spiro atoms. The Kier molecular flexibility index (Phi) is 7.74. The average molecular weight is 563 g/mol. The van der Waals surface area contributed by atoms with Crippen LogP contribution in [0, 0.1) is 0 Å². The summed E-state index contributed by atoms with van der Waals surface area (Å²) in [5.74, 6) is -0.237. The van der Waals surface area contributed by atoms with Crippen LogP contribution in [0.3, 0.4) is 0 Å². The number of phenolic OH excluding ortho intramolecular Hbond substituents is 1. The van der Waals surface area contributed by atoms with Crippen molar-refractivity contribution in [3.8, 4) is 28.4 Å². The first kappa shape index (κ1) is 28.3. The molecule has 40 heavy (non-hydrogen) atoms. The van der Waals surface area contributed by atoms with Crippen LogP contribution in [0.2, 0.25) is 0 Å². The quantitative estimate of drug-likeness (QED) is 0.211. The highest BCUT2D eigenvalue weighted by atomic mass is 16.7. The van der Waals surface area contributed by atoms with Crippen LogP contribution in [-0.4, -0.2) is 97.2 Å². The summed E-state index contributed by atoms with van der Waals surface area (Å²) < 4.78 is 28.4. The average Bonchev–Trinajstić information content (AvgIpc) is 2.93. The molecule has 7 N–H and O–H groups in total. The lowest BCUT2D eigenvalue weighted by atomic mass is 10.00. The molecular formula is C27H30O13. The van der Waals surface area contributed by atoms with E-state index in [2.05, 4.69) is 0 Å². The molecule has 13 heteroatoms. The first-order valence-corrected chi connectivity index (χ1v) is 12.6. The van der Waals surface area contributed by atoms with Gasteiger partial charge in [-0.1, -0.05) is 12.1 Å². The minimum absolute atomic E-state index is 0.00267. The molecule has 2 aliphatic rings. The Balaban J connectivity index is 1.58. The molecule has 3 aromatic rings. The number of aromatic hydroxyl groups is 1. The maximum atomic E-state index is 13.7. The van der Waals surface area contributed by atoms with Crippen molar-refractivity contribution in [2.45, 2.75) is 75.3 Å². The molecule has 0 bridgehead atoms. The Morgan fingerprint density at radius 3 is 1.85 bits per heavy atom. The van der Waals surface area contributed by atoms with E-state index in [1.165, 1.54) is 56.5 Å². The summed E-state index contributed by atoms with van der Waals surface area (Å²) in [6.07, 6.45) is -12.8. The van der Waals surface area contributed by atoms with Gasteiger partial charge in [0.15, 0.2) is 0 Å². The summed E-state index contributed by atoms with van der Waals surface area (Å²) in [5, 5.41) is 70.8. The van der Waals surface area contributed by atoms with Crippen LogP contribution < -0.4 is 14.9 Å². The Labute approximate surface area is 227 Å². The standard InChI is InChI=1S/C27H30O13/c1-10-19(29)22(32)24(34)26(37-10)39-14-7-16-18(21(31)15(9-36-16)12-3-5-13(28)6-4-12)17(8-14)40-27-25(35)23(33)20(30)11(2)38-27/h3-11,19-20,22-30,32-35H,1-2H3/t10?,11?,19-,20-,22-,23-,24?,25?,26-,27-/m0/s1. The highest BCUT2D eigenvalue weighted by molar-refractivity contribution is 5.88. The van der Waals surface area contributed by atoms with E-state index in [0.717, 1.165) is 0 Å². The van der Waals surface area contributed by atoms with Crippen molar-refractivity contribution in [3.63, 3.8) is 0 Å². The maximum Gasteiger partial charge on any atom is 0.229 e. The molecule has 10 atom stereocenters. The third-order valence-corrected chi connectivity index (χ3v) is 7.11. The number of benzene rings is 2. The molecule has 2 fully saturated rings. The molecular weight excluding hydrogens is 532 g/mol. The van der Waals surface area contributed by atoms with Gasteiger partial charge in [0.25, 0.3) is 0 Å². The van der Waals surface area contributed by atoms with Gasteiger partial charge < -0.3 is 59.1 Å². The number of hydrogen-bond donors (Lipinski definition) is 7. The largest absolute Gasteiger partial charge is 0.508 e. The van der Waals surface area contributed by atoms with Crippen molar-refractivity contribution >= 4 is 11.0 Å². The van der Waals surface area contributed by atoms with Crippen LogP contribution in [0.4, 0.5) is 0 Å². The molecule has 0 radical (unpaired) electrons. The molecule has 4 unspecified atom stereocenters. The van der Waals surface area contributed by atoms with Crippen LogP contribution in [-0.2, 0) is 9.47 Å². The molecule has 5 rings (SSSR count). The van der Waals surface area contributed by atoms with Gasteiger partial charge in [-0.2, -0.15) is 0 Å². The number of ether oxygens (including phenoxy) is 4. The summed E-state index contributed by atoms with van der Waals surface area (Å²) in [5.41, 5.74) is -0.0236. The third kappa shape index (κ3) is 5.13. The van der Waals surface area contributed by atoms with Gasteiger partial charge >= 0.3 is 0 Å². The zero-order chi connectivity index (χ0) is 28.9. The van der Waals surface area contributed by atoms with E-state index in [1.54, 1.807) is 0 Å². The Morgan fingerprint density at radius 2 is 1.27 bits per heavy atom. The lowest BCUT2D eigenvalue weighted by molar-refractivity contribution is -0.269. The summed E-state index contributed by atoms with van der Waals surface area (Å²) in [6, 6.07) is 8.39. The molecule has 0 aliphatic carbocycles. The van der Waals surface area contributed by atoms with Gasteiger partial charge in [0.05, 0.1) is 17.8 Å². The lowest BCUT2D eigenvalue weighted by Gasteiger charge is -2.39. The molecule has 1 aromatic heterocycles. The SMILES string of the molecule is CC1O[C@@H](Oc2cc(O[C@@H]3OC(C)[C@H](O)[C@H](O)C3O)c3c(=O)c(-c4ccc(O)cc4)coc3c2)C(O)[C@@H](O)[C@H]1O. The predicted molar refractivity (Wildman–Crippen MR) is 136 cm³/mol. The number of fused-ring (bicyclic) bond motifs is 1. The van der Waals surface area contributed by atoms with E-state index >= 15 is 0 Å². The van der Waals surface area contributed by atoms with E-state index in [4.69, 9.17) is 23.4 Å². The van der Waals surface area contributed by atoms with Crippen molar-refractivity contribution < 1.29 is 59.1 Å². The zero-order valence-electron chi connectivity index (χ0n) is 21.4.